The van der Waals surface area contributed by atoms with Gasteiger partial charge < -0.3 is 10.2 Å². The highest BCUT2D eigenvalue weighted by Crippen LogP contribution is 2.36. The van der Waals surface area contributed by atoms with Gasteiger partial charge in [-0.05, 0) is 41.5 Å². The summed E-state index contributed by atoms with van der Waals surface area (Å²) in [6.07, 6.45) is -1.77. The highest BCUT2D eigenvalue weighted by atomic mass is 127. The van der Waals surface area contributed by atoms with Gasteiger partial charge in [-0.2, -0.15) is 13.2 Å². The van der Waals surface area contributed by atoms with Crippen LogP contribution in [0.25, 0.3) is 0 Å². The van der Waals surface area contributed by atoms with Crippen LogP contribution in [0.3, 0.4) is 0 Å². The first-order valence-corrected chi connectivity index (χ1v) is 8.55. The van der Waals surface area contributed by atoms with Gasteiger partial charge in [0.05, 0.1) is 9.13 Å². The predicted molar refractivity (Wildman–Crippen MR) is 90.2 cm³/mol. The van der Waals surface area contributed by atoms with E-state index < -0.39 is 11.7 Å². The third kappa shape index (κ3) is 4.48. The van der Waals surface area contributed by atoms with E-state index in [0.717, 1.165) is 6.07 Å². The summed E-state index contributed by atoms with van der Waals surface area (Å²) in [6.45, 7) is 4.82. The Balaban J connectivity index is 2.05. The van der Waals surface area contributed by atoms with Gasteiger partial charge >= 0.3 is 6.18 Å². The molecule has 2 heterocycles. The largest absolute Gasteiger partial charge is 0.417 e. The van der Waals surface area contributed by atoms with Crippen molar-refractivity contribution in [2.45, 2.75) is 38.9 Å². The molecule has 0 spiro atoms. The number of alkyl halides is 3. The monoisotopic (exact) mass is 441 g/mol. The lowest BCUT2D eigenvalue weighted by atomic mass is 10.0. The molecular formula is C15H19F3IN3O. The summed E-state index contributed by atoms with van der Waals surface area (Å²) in [5, 5.41) is 2.97. The van der Waals surface area contributed by atoms with Crippen LogP contribution < -0.4 is 10.2 Å². The fourth-order valence-corrected chi connectivity index (χ4v) is 3.44. The highest BCUT2D eigenvalue weighted by Gasteiger charge is 2.35. The Bertz CT molecular complexity index is 570. The van der Waals surface area contributed by atoms with Gasteiger partial charge in [0.2, 0.25) is 5.91 Å². The summed E-state index contributed by atoms with van der Waals surface area (Å²) in [5.41, 5.74) is -0.654. The molecule has 1 N–H and O–H groups in total. The number of hydrogen-bond acceptors (Lipinski definition) is 3. The van der Waals surface area contributed by atoms with Crippen molar-refractivity contribution in [3.05, 3.63) is 21.4 Å². The van der Waals surface area contributed by atoms with E-state index in [1.807, 2.05) is 18.7 Å². The molecule has 128 valence electrons. The van der Waals surface area contributed by atoms with Crippen molar-refractivity contribution in [3.63, 3.8) is 0 Å². The van der Waals surface area contributed by atoms with Crippen molar-refractivity contribution < 1.29 is 18.0 Å². The zero-order chi connectivity index (χ0) is 17.2. The summed E-state index contributed by atoms with van der Waals surface area (Å²) in [5.74, 6) is 0.309. The van der Waals surface area contributed by atoms with Crippen LogP contribution in [0.5, 0.6) is 0 Å². The molecule has 1 aromatic rings. The Morgan fingerprint density at radius 1 is 1.39 bits per heavy atom. The van der Waals surface area contributed by atoms with E-state index in [0.29, 0.717) is 31.7 Å². The maximum absolute atomic E-state index is 13.0. The fourth-order valence-electron chi connectivity index (χ4n) is 2.48. The molecule has 1 fully saturated rings. The molecule has 1 aliphatic rings. The van der Waals surface area contributed by atoms with E-state index >= 15 is 0 Å². The summed E-state index contributed by atoms with van der Waals surface area (Å²) < 4.78 is 39.1. The van der Waals surface area contributed by atoms with Crippen molar-refractivity contribution in [2.24, 2.45) is 5.92 Å². The van der Waals surface area contributed by atoms with Crippen LogP contribution in [0.4, 0.5) is 19.0 Å². The van der Waals surface area contributed by atoms with Crippen LogP contribution in [-0.2, 0) is 11.0 Å². The number of anilines is 1. The molecule has 1 aliphatic heterocycles. The first-order chi connectivity index (χ1) is 10.7. The van der Waals surface area contributed by atoms with Gasteiger partial charge in [-0.25, -0.2) is 4.98 Å². The Kier molecular flexibility index (Phi) is 5.74. The average Bonchev–Trinajstić information content (AvgIpc) is 2.47. The average molecular weight is 441 g/mol. The second-order valence-electron chi connectivity index (χ2n) is 5.92. The molecule has 0 bridgehead atoms. The quantitative estimate of drug-likeness (QED) is 0.732. The lowest BCUT2D eigenvalue weighted by Gasteiger charge is -2.34. The molecule has 0 radical (unpaired) electrons. The van der Waals surface area contributed by atoms with E-state index in [4.69, 9.17) is 0 Å². The van der Waals surface area contributed by atoms with Gasteiger partial charge in [-0.1, -0.05) is 13.8 Å². The molecule has 0 saturated carbocycles. The van der Waals surface area contributed by atoms with Crippen LogP contribution in [-0.4, -0.2) is 30.0 Å². The standard InChI is InChI=1S/C15H19F3IN3O/c1-9(2)14(23)21-10-4-7-22(8-5-10)13-12(19)11(3-6-20-13)15(16,17)18/h3,6,9-10H,4-5,7-8H2,1-2H3,(H,21,23). The van der Waals surface area contributed by atoms with Gasteiger partial charge in [0.1, 0.15) is 5.82 Å². The first kappa shape index (κ1) is 18.3. The van der Waals surface area contributed by atoms with Crippen molar-refractivity contribution in [3.8, 4) is 0 Å². The molecule has 0 aliphatic carbocycles. The zero-order valence-electron chi connectivity index (χ0n) is 13.0. The molecule has 23 heavy (non-hydrogen) atoms. The smallest absolute Gasteiger partial charge is 0.356 e. The number of amides is 1. The first-order valence-electron chi connectivity index (χ1n) is 7.47. The van der Waals surface area contributed by atoms with Gasteiger partial charge in [0, 0.05) is 31.2 Å². The Hall–Kier alpha value is -1.06. The molecule has 4 nitrogen and oxygen atoms in total. The number of aromatic nitrogens is 1. The number of piperidine rings is 1. The Morgan fingerprint density at radius 2 is 2.00 bits per heavy atom. The normalized spacial score (nSPS) is 16.7. The lowest BCUT2D eigenvalue weighted by Crippen LogP contribution is -2.46. The SMILES string of the molecule is CC(C)C(=O)NC1CCN(c2nccc(C(F)(F)F)c2I)CC1. The van der Waals surface area contributed by atoms with Crippen LogP contribution >= 0.6 is 22.6 Å². The Labute approximate surface area is 147 Å². The molecular weight excluding hydrogens is 422 g/mol. The van der Waals surface area contributed by atoms with Crippen LogP contribution in [0.15, 0.2) is 12.3 Å². The minimum Gasteiger partial charge on any atom is -0.356 e. The van der Waals surface area contributed by atoms with Crippen molar-refractivity contribution in [1.82, 2.24) is 10.3 Å². The highest BCUT2D eigenvalue weighted by molar-refractivity contribution is 14.1. The maximum Gasteiger partial charge on any atom is 0.417 e. The second kappa shape index (κ2) is 7.23. The van der Waals surface area contributed by atoms with Crippen molar-refractivity contribution >= 4 is 34.3 Å². The number of hydrogen-bond donors (Lipinski definition) is 1. The number of rotatable bonds is 3. The number of nitrogens with zero attached hydrogens (tertiary/aromatic N) is 2. The van der Waals surface area contributed by atoms with Crippen LogP contribution in [0, 0.1) is 9.49 Å². The molecule has 1 amide bonds. The van der Waals surface area contributed by atoms with Crippen molar-refractivity contribution in [2.75, 3.05) is 18.0 Å². The van der Waals surface area contributed by atoms with Gasteiger partial charge in [-0.3, -0.25) is 4.79 Å². The molecule has 0 aromatic carbocycles. The van der Waals surface area contributed by atoms with E-state index in [1.54, 1.807) is 22.6 Å². The fraction of sp³-hybridized carbons (Fsp3) is 0.600. The summed E-state index contributed by atoms with van der Waals surface area (Å²) in [7, 11) is 0. The molecule has 0 atom stereocenters. The summed E-state index contributed by atoms with van der Waals surface area (Å²) >= 11 is 1.71. The number of halogens is 4. The van der Waals surface area contributed by atoms with E-state index in [-0.39, 0.29) is 21.4 Å². The molecule has 1 aromatic heterocycles. The molecule has 0 unspecified atom stereocenters. The third-order valence-corrected chi connectivity index (χ3v) is 4.90. The molecule has 2 rings (SSSR count). The minimum atomic E-state index is -4.38. The lowest BCUT2D eigenvalue weighted by molar-refractivity contribution is -0.138. The van der Waals surface area contributed by atoms with E-state index in [1.165, 1.54) is 6.20 Å². The van der Waals surface area contributed by atoms with E-state index in [9.17, 15) is 18.0 Å². The topological polar surface area (TPSA) is 45.2 Å². The Morgan fingerprint density at radius 3 is 2.52 bits per heavy atom. The van der Waals surface area contributed by atoms with Gasteiger partial charge in [-0.15, -0.1) is 0 Å². The predicted octanol–water partition coefficient (Wildman–Crippen LogP) is 3.45. The number of carbonyl (C=O) groups is 1. The molecule has 8 heteroatoms. The van der Waals surface area contributed by atoms with Crippen LogP contribution in [0.2, 0.25) is 0 Å². The summed E-state index contributed by atoms with van der Waals surface area (Å²) in [4.78, 5) is 17.7. The summed E-state index contributed by atoms with van der Waals surface area (Å²) in [6, 6.07) is 1.07. The maximum atomic E-state index is 13.0. The number of pyridine rings is 1. The van der Waals surface area contributed by atoms with Gasteiger partial charge in [0.15, 0.2) is 0 Å². The molecule has 1 saturated heterocycles. The third-order valence-electron chi connectivity index (χ3n) is 3.84. The number of nitrogens with one attached hydrogen (secondary N) is 1. The van der Waals surface area contributed by atoms with Crippen molar-refractivity contribution in [1.29, 1.82) is 0 Å². The van der Waals surface area contributed by atoms with Crippen LogP contribution in [0.1, 0.15) is 32.3 Å². The van der Waals surface area contributed by atoms with E-state index in [2.05, 4.69) is 10.3 Å². The zero-order valence-corrected chi connectivity index (χ0v) is 15.1. The second-order valence-corrected chi connectivity index (χ2v) is 7.00. The van der Waals surface area contributed by atoms with Gasteiger partial charge in [0.25, 0.3) is 0 Å². The number of carbonyl (C=O) groups excluding carboxylic acids is 1. The minimum absolute atomic E-state index is 0.00947.